The molecule has 0 spiro atoms. The highest BCUT2D eigenvalue weighted by molar-refractivity contribution is 7.91. The second-order valence-electron chi connectivity index (χ2n) is 6.57. The monoisotopic (exact) mass is 423 g/mol. The number of anilines is 1. The molecule has 0 radical (unpaired) electrons. The lowest BCUT2D eigenvalue weighted by Crippen LogP contribution is -2.37. The summed E-state index contributed by atoms with van der Waals surface area (Å²) in [5, 5.41) is 0.133. The van der Waals surface area contributed by atoms with E-state index in [0.29, 0.717) is 38.5 Å². The number of carbonyl (C=O) groups is 1. The largest absolute Gasteiger partial charge is 0.462 e. The van der Waals surface area contributed by atoms with Crippen LogP contribution in [-0.4, -0.2) is 62.6 Å². The number of hydrogen-bond donors (Lipinski definition) is 0. The second kappa shape index (κ2) is 8.50. The number of sulfone groups is 1. The molecule has 2 aromatic heterocycles. The topological polar surface area (TPSA) is 108 Å². The zero-order chi connectivity index (χ0) is 21.2. The van der Waals surface area contributed by atoms with E-state index in [4.69, 9.17) is 9.47 Å². The number of ether oxygens (including phenoxy) is 2. The van der Waals surface area contributed by atoms with Crippen LogP contribution in [0.4, 0.5) is 5.69 Å². The van der Waals surface area contributed by atoms with Crippen molar-refractivity contribution in [3.8, 4) is 0 Å². The molecule has 0 N–H and O–H groups in total. The highest BCUT2D eigenvalue weighted by Crippen LogP contribution is 2.28. The van der Waals surface area contributed by atoms with E-state index in [2.05, 4.69) is 4.98 Å². The molecule has 0 saturated carbocycles. The quantitative estimate of drug-likeness (QED) is 0.639. The fourth-order valence-electron chi connectivity index (χ4n) is 3.28. The van der Waals surface area contributed by atoms with Crippen LogP contribution in [-0.2, 0) is 25.9 Å². The Bertz CT molecular complexity index is 1090. The van der Waals surface area contributed by atoms with Crippen LogP contribution < -0.4 is 10.3 Å². The number of fused-ring (bicyclic) bond motifs is 1. The van der Waals surface area contributed by atoms with Gasteiger partial charge in [0.25, 0.3) is 0 Å². The average molecular weight is 423 g/mol. The van der Waals surface area contributed by atoms with Crippen molar-refractivity contribution >= 4 is 32.5 Å². The Balaban J connectivity index is 2.35. The van der Waals surface area contributed by atoms with Gasteiger partial charge in [0, 0.05) is 25.8 Å². The number of morpholine rings is 1. The normalized spacial score (nSPS) is 14.9. The summed E-state index contributed by atoms with van der Waals surface area (Å²) in [7, 11) is -3.64. The molecule has 9 nitrogen and oxygen atoms in total. The average Bonchev–Trinajstić information content (AvgIpc) is 2.74. The number of esters is 1. The molecule has 0 aliphatic carbocycles. The maximum absolute atomic E-state index is 13.0. The fourth-order valence-corrected chi connectivity index (χ4v) is 4.28. The predicted octanol–water partition coefficient (Wildman–Crippen LogP) is 1.22. The Hall–Kier alpha value is -2.46. The lowest BCUT2D eigenvalue weighted by atomic mass is 10.1. The van der Waals surface area contributed by atoms with Crippen LogP contribution in [0.3, 0.4) is 0 Å². The standard InChI is InChI=1S/C19H25N3O6S/c1-4-21-12-14(19(24)28-5-2)16(23)13-11-15(22-7-9-27-10-8-22)18(20-17(13)21)29(25,26)6-3/h11-12H,4-10H2,1-3H3. The van der Waals surface area contributed by atoms with Gasteiger partial charge in [0.1, 0.15) is 11.2 Å². The number of hydrogen-bond acceptors (Lipinski definition) is 8. The first kappa shape index (κ1) is 21.3. The van der Waals surface area contributed by atoms with Crippen molar-refractivity contribution in [1.29, 1.82) is 0 Å². The highest BCUT2D eigenvalue weighted by Gasteiger charge is 2.27. The highest BCUT2D eigenvalue weighted by atomic mass is 32.2. The number of carbonyl (C=O) groups excluding carboxylic acids is 1. The Kier molecular flexibility index (Phi) is 6.23. The minimum absolute atomic E-state index is 0.0557. The fraction of sp³-hybridized carbons (Fsp3) is 0.526. The Labute approximate surface area is 169 Å². The smallest absolute Gasteiger partial charge is 0.343 e. The molecular weight excluding hydrogens is 398 g/mol. The van der Waals surface area contributed by atoms with Crippen molar-refractivity contribution in [3.63, 3.8) is 0 Å². The van der Waals surface area contributed by atoms with Crippen LogP contribution in [0.25, 0.3) is 11.0 Å². The van der Waals surface area contributed by atoms with Crippen LogP contribution >= 0.6 is 0 Å². The van der Waals surface area contributed by atoms with Gasteiger partial charge in [0.05, 0.1) is 36.6 Å². The molecule has 0 bridgehead atoms. The summed E-state index contributed by atoms with van der Waals surface area (Å²) in [6.07, 6.45) is 1.38. The summed E-state index contributed by atoms with van der Waals surface area (Å²) in [4.78, 5) is 31.6. The van der Waals surface area contributed by atoms with Gasteiger partial charge >= 0.3 is 5.97 Å². The molecule has 1 saturated heterocycles. The van der Waals surface area contributed by atoms with Gasteiger partial charge in [-0.15, -0.1) is 0 Å². The first-order valence-electron chi connectivity index (χ1n) is 9.64. The van der Waals surface area contributed by atoms with Crippen molar-refractivity contribution in [2.75, 3.05) is 43.6 Å². The number of nitrogens with zero attached hydrogens (tertiary/aromatic N) is 3. The number of pyridine rings is 2. The van der Waals surface area contributed by atoms with Gasteiger partial charge in [-0.2, -0.15) is 0 Å². The molecule has 3 rings (SSSR count). The van der Waals surface area contributed by atoms with Gasteiger partial charge in [0.15, 0.2) is 14.9 Å². The summed E-state index contributed by atoms with van der Waals surface area (Å²) in [6, 6.07) is 1.54. The van der Waals surface area contributed by atoms with Crippen molar-refractivity contribution in [3.05, 3.63) is 28.0 Å². The molecule has 1 aliphatic heterocycles. The first-order chi connectivity index (χ1) is 13.8. The van der Waals surface area contributed by atoms with Crippen LogP contribution in [0.2, 0.25) is 0 Å². The summed E-state index contributed by atoms with van der Waals surface area (Å²) < 4.78 is 37.5. The Morgan fingerprint density at radius 2 is 1.93 bits per heavy atom. The van der Waals surface area contributed by atoms with Crippen molar-refractivity contribution in [2.24, 2.45) is 0 Å². The van der Waals surface area contributed by atoms with Crippen LogP contribution in [0.15, 0.2) is 22.1 Å². The van der Waals surface area contributed by atoms with E-state index in [-0.39, 0.29) is 34.0 Å². The molecule has 0 aromatic carbocycles. The van der Waals surface area contributed by atoms with Crippen LogP contribution in [0.1, 0.15) is 31.1 Å². The summed E-state index contributed by atoms with van der Waals surface area (Å²) in [5.74, 6) is -0.820. The zero-order valence-electron chi connectivity index (χ0n) is 16.8. The SMILES string of the molecule is CCOC(=O)c1cn(CC)c2nc(S(=O)(=O)CC)c(N3CCOCC3)cc2c1=O. The second-order valence-corrected chi connectivity index (χ2v) is 8.76. The van der Waals surface area contributed by atoms with E-state index in [1.807, 2.05) is 11.8 Å². The first-order valence-corrected chi connectivity index (χ1v) is 11.3. The Morgan fingerprint density at radius 3 is 2.52 bits per heavy atom. The van der Waals surface area contributed by atoms with Gasteiger partial charge < -0.3 is 18.9 Å². The van der Waals surface area contributed by atoms with Crippen molar-refractivity contribution in [2.45, 2.75) is 32.3 Å². The van der Waals surface area contributed by atoms with Crippen molar-refractivity contribution < 1.29 is 22.7 Å². The molecule has 1 fully saturated rings. The van der Waals surface area contributed by atoms with Gasteiger partial charge in [-0.25, -0.2) is 18.2 Å². The molecule has 29 heavy (non-hydrogen) atoms. The predicted molar refractivity (Wildman–Crippen MR) is 108 cm³/mol. The van der Waals surface area contributed by atoms with Gasteiger partial charge in [0.2, 0.25) is 5.43 Å². The number of aryl methyl sites for hydroxylation is 1. The number of rotatable bonds is 6. The molecule has 3 heterocycles. The van der Waals surface area contributed by atoms with E-state index < -0.39 is 21.2 Å². The third kappa shape index (κ3) is 3.99. The van der Waals surface area contributed by atoms with Gasteiger partial charge in [-0.3, -0.25) is 4.79 Å². The summed E-state index contributed by atoms with van der Waals surface area (Å²) >= 11 is 0. The molecule has 158 valence electrons. The van der Waals surface area contributed by atoms with E-state index >= 15 is 0 Å². The van der Waals surface area contributed by atoms with Crippen LogP contribution in [0, 0.1) is 0 Å². The molecule has 1 aliphatic rings. The Morgan fingerprint density at radius 1 is 1.24 bits per heavy atom. The molecular formula is C19H25N3O6S. The van der Waals surface area contributed by atoms with Crippen LogP contribution in [0.5, 0.6) is 0 Å². The minimum Gasteiger partial charge on any atom is -0.462 e. The van der Waals surface area contributed by atoms with E-state index in [1.165, 1.54) is 12.3 Å². The van der Waals surface area contributed by atoms with E-state index in [0.717, 1.165) is 0 Å². The molecule has 2 aromatic rings. The number of aromatic nitrogens is 2. The molecule has 0 amide bonds. The van der Waals surface area contributed by atoms with Crippen molar-refractivity contribution in [1.82, 2.24) is 9.55 Å². The lowest BCUT2D eigenvalue weighted by molar-refractivity contribution is 0.0524. The molecule has 0 atom stereocenters. The lowest BCUT2D eigenvalue weighted by Gasteiger charge is -2.30. The molecule has 0 unspecified atom stereocenters. The molecule has 10 heteroatoms. The summed E-state index contributed by atoms with van der Waals surface area (Å²) in [5.41, 5.74) is -0.0226. The van der Waals surface area contributed by atoms with E-state index in [1.54, 1.807) is 18.4 Å². The third-order valence-electron chi connectivity index (χ3n) is 4.86. The zero-order valence-corrected chi connectivity index (χ0v) is 17.6. The van der Waals surface area contributed by atoms with Gasteiger partial charge in [-0.1, -0.05) is 6.92 Å². The maximum atomic E-state index is 13.0. The minimum atomic E-state index is -3.64. The van der Waals surface area contributed by atoms with E-state index in [9.17, 15) is 18.0 Å². The summed E-state index contributed by atoms with van der Waals surface area (Å²) in [6.45, 7) is 7.46. The van der Waals surface area contributed by atoms with Gasteiger partial charge in [-0.05, 0) is 19.9 Å². The third-order valence-corrected chi connectivity index (χ3v) is 6.51. The maximum Gasteiger partial charge on any atom is 0.343 e.